The summed E-state index contributed by atoms with van der Waals surface area (Å²) in [6.45, 7) is 3.12. The Morgan fingerprint density at radius 2 is 1.95 bits per heavy atom. The number of imide groups is 1. The lowest BCUT2D eigenvalue weighted by Crippen LogP contribution is -2.44. The number of para-hydroxylation sites is 1. The number of nitrogens with zero attached hydrogens (tertiary/aromatic N) is 9. The number of unbranched alkanes of at least 4 members (excludes halogenated alkanes) is 1. The van der Waals surface area contributed by atoms with Gasteiger partial charge in [0, 0.05) is 45.4 Å². The minimum absolute atomic E-state index is 0.0178. The Balaban J connectivity index is 0.772. The van der Waals surface area contributed by atoms with Gasteiger partial charge in [0.15, 0.2) is 11.3 Å². The molecule has 3 aliphatic heterocycles. The molecule has 2 bridgehead atoms. The van der Waals surface area contributed by atoms with Gasteiger partial charge < -0.3 is 19.9 Å². The number of halogens is 2. The molecule has 4 aromatic heterocycles. The normalized spacial score (nSPS) is 22.9. The van der Waals surface area contributed by atoms with Crippen molar-refractivity contribution < 1.29 is 27.9 Å². The molecule has 3 amide bonds. The number of benzene rings is 1. The number of fused-ring (bicyclic) bond motifs is 4. The Hall–Kier alpha value is -5.93. The van der Waals surface area contributed by atoms with Crippen LogP contribution in [0.1, 0.15) is 97.9 Å². The van der Waals surface area contributed by atoms with Gasteiger partial charge in [-0.3, -0.25) is 33.5 Å². The van der Waals surface area contributed by atoms with Crippen LogP contribution in [0.15, 0.2) is 47.7 Å². The first-order valence-corrected chi connectivity index (χ1v) is 20.6. The minimum atomic E-state index is -2.87. The summed E-state index contributed by atoms with van der Waals surface area (Å²) >= 11 is 0. The highest BCUT2D eigenvalue weighted by Gasteiger charge is 2.40. The SMILES string of the molecule is CN(CCCC#Cc1cccc2c1n(C)c(=O)n2C1CCC(=O)NC1=O)C[C@H]1CC[C@H](n2cc(NC(=O)c3cnn4ccc(N5C[C@H]6C[C@@H]5CO6)nc34)c(C(F)F)n2)CC1. The lowest BCUT2D eigenvalue weighted by atomic mass is 9.86. The molecule has 5 aromatic rings. The van der Waals surface area contributed by atoms with E-state index in [0.29, 0.717) is 41.2 Å². The van der Waals surface area contributed by atoms with Gasteiger partial charge in [-0.15, -0.1) is 0 Å². The highest BCUT2D eigenvalue weighted by Crippen LogP contribution is 2.36. The molecule has 1 aliphatic carbocycles. The topological polar surface area (TPSA) is 166 Å². The van der Waals surface area contributed by atoms with E-state index in [9.17, 15) is 28.0 Å². The summed E-state index contributed by atoms with van der Waals surface area (Å²) in [6, 6.07) is 6.77. The molecule has 0 radical (unpaired) electrons. The van der Waals surface area contributed by atoms with E-state index in [1.54, 1.807) is 24.0 Å². The number of anilines is 2. The second kappa shape index (κ2) is 16.3. The lowest BCUT2D eigenvalue weighted by molar-refractivity contribution is -0.135. The van der Waals surface area contributed by atoms with Crippen LogP contribution in [0.3, 0.4) is 0 Å². The maximum atomic E-state index is 14.3. The predicted molar refractivity (Wildman–Crippen MR) is 217 cm³/mol. The fourth-order valence-corrected chi connectivity index (χ4v) is 9.39. The van der Waals surface area contributed by atoms with Gasteiger partial charge in [-0.25, -0.2) is 23.1 Å². The molecular formula is C42H47F2N11O5. The monoisotopic (exact) mass is 823 g/mol. The number of rotatable bonds is 11. The van der Waals surface area contributed by atoms with Crippen LogP contribution in [0, 0.1) is 17.8 Å². The van der Waals surface area contributed by atoms with E-state index >= 15 is 0 Å². The zero-order valence-electron chi connectivity index (χ0n) is 33.5. The Morgan fingerprint density at radius 1 is 1.12 bits per heavy atom. The molecule has 3 atom stereocenters. The van der Waals surface area contributed by atoms with Gasteiger partial charge in [-0.05, 0) is 82.7 Å². The van der Waals surface area contributed by atoms with Crippen molar-refractivity contribution in [1.82, 2.24) is 43.7 Å². The Morgan fingerprint density at radius 3 is 2.70 bits per heavy atom. The van der Waals surface area contributed by atoms with E-state index in [1.807, 2.05) is 18.2 Å². The largest absolute Gasteiger partial charge is 0.374 e. The molecule has 18 heteroatoms. The minimum Gasteiger partial charge on any atom is -0.374 e. The zero-order valence-corrected chi connectivity index (χ0v) is 33.5. The molecule has 16 nitrogen and oxygen atoms in total. The molecule has 1 unspecified atom stereocenters. The number of aryl methyl sites for hydroxylation is 1. The number of aromatic nitrogens is 7. The van der Waals surface area contributed by atoms with Gasteiger partial charge >= 0.3 is 5.69 Å². The van der Waals surface area contributed by atoms with Gasteiger partial charge in [0.2, 0.25) is 11.8 Å². The number of piperidine rings is 1. The molecule has 1 saturated carbocycles. The summed E-state index contributed by atoms with van der Waals surface area (Å²) in [7, 11) is 3.76. The number of imidazole rings is 1. The standard InChI is InChI=1S/C42H47F2N11O5/c1-50(17-5-3-4-7-26-8-6-9-32-37(26)51(2)42(59)55(32)33-14-15-35(56)48-41(33)58)21-25-10-12-27(13-11-25)54-23-31(36(49-54)38(43)44)46-40(57)30-20-45-53-18-16-34(47-39(30)53)52-22-29-19-28(52)24-60-29/h6,8-9,16,18,20,23,25,27-29,33,38H,3,5,10-15,17,19,21-22,24H2,1-2H3,(H,46,57)(H,48,56,58)/t25-,27-,28-,29-,33?/m1/s1. The third-order valence-electron chi connectivity index (χ3n) is 12.5. The van der Waals surface area contributed by atoms with E-state index in [1.165, 1.54) is 26.0 Å². The molecule has 0 spiro atoms. The van der Waals surface area contributed by atoms with Gasteiger partial charge in [-0.1, -0.05) is 17.9 Å². The average Bonchev–Trinajstić information content (AvgIpc) is 4.08. The number of hydrogen-bond acceptors (Lipinski definition) is 10. The molecule has 4 fully saturated rings. The fourth-order valence-electron chi connectivity index (χ4n) is 9.39. The van der Waals surface area contributed by atoms with Gasteiger partial charge in [0.25, 0.3) is 12.3 Å². The molecule has 314 valence electrons. The Bertz CT molecular complexity index is 2590. The molecule has 60 heavy (non-hydrogen) atoms. The zero-order chi connectivity index (χ0) is 41.7. The quantitative estimate of drug-likeness (QED) is 0.112. The first-order valence-electron chi connectivity index (χ1n) is 20.6. The highest BCUT2D eigenvalue weighted by atomic mass is 19.3. The number of hydrogen-bond donors (Lipinski definition) is 2. The van der Waals surface area contributed by atoms with Crippen LogP contribution in [-0.2, 0) is 21.4 Å². The van der Waals surface area contributed by atoms with Crippen molar-refractivity contribution in [2.45, 2.75) is 88.4 Å². The third-order valence-corrected chi connectivity index (χ3v) is 12.5. The number of ether oxygens (including phenoxy) is 1. The van der Waals surface area contributed by atoms with Crippen LogP contribution in [0.25, 0.3) is 16.7 Å². The average molecular weight is 824 g/mol. The molecule has 2 N–H and O–H groups in total. The summed E-state index contributed by atoms with van der Waals surface area (Å²) in [6.07, 6.45) is 8.28. The third kappa shape index (κ3) is 7.56. The maximum Gasteiger partial charge on any atom is 0.329 e. The van der Waals surface area contributed by atoms with E-state index in [2.05, 4.69) is 49.5 Å². The van der Waals surface area contributed by atoms with Crippen molar-refractivity contribution in [3.8, 4) is 11.8 Å². The van der Waals surface area contributed by atoms with Gasteiger partial charge in [-0.2, -0.15) is 10.2 Å². The molecule has 4 aliphatic rings. The number of carbonyl (C=O) groups excluding carboxylic acids is 3. The van der Waals surface area contributed by atoms with Crippen molar-refractivity contribution in [2.75, 3.05) is 43.5 Å². The number of nitrogens with one attached hydrogen (secondary N) is 2. The summed E-state index contributed by atoms with van der Waals surface area (Å²) in [5, 5.41) is 13.6. The second-order valence-corrected chi connectivity index (χ2v) is 16.5. The van der Waals surface area contributed by atoms with Gasteiger partial charge in [0.1, 0.15) is 17.4 Å². The summed E-state index contributed by atoms with van der Waals surface area (Å²) in [4.78, 5) is 60.2. The first-order chi connectivity index (χ1) is 29.0. The van der Waals surface area contributed by atoms with E-state index in [0.717, 1.165) is 64.0 Å². The Labute approximate surface area is 343 Å². The van der Waals surface area contributed by atoms with Crippen LogP contribution >= 0.6 is 0 Å². The van der Waals surface area contributed by atoms with Crippen LogP contribution < -0.4 is 21.2 Å². The maximum absolute atomic E-state index is 14.3. The lowest BCUT2D eigenvalue weighted by Gasteiger charge is -2.31. The number of morpholine rings is 1. The van der Waals surface area contributed by atoms with Crippen molar-refractivity contribution >= 4 is 45.9 Å². The molecule has 9 rings (SSSR count). The number of alkyl halides is 2. The van der Waals surface area contributed by atoms with Crippen molar-refractivity contribution in [1.29, 1.82) is 0 Å². The molecule has 1 aromatic carbocycles. The summed E-state index contributed by atoms with van der Waals surface area (Å²) < 4.78 is 40.3. The van der Waals surface area contributed by atoms with Crippen LogP contribution in [0.5, 0.6) is 0 Å². The van der Waals surface area contributed by atoms with Crippen LogP contribution in [-0.4, -0.2) is 102 Å². The van der Waals surface area contributed by atoms with Gasteiger partial charge in [0.05, 0.1) is 53.3 Å². The molecule has 3 saturated heterocycles. The van der Waals surface area contributed by atoms with Crippen molar-refractivity contribution in [3.63, 3.8) is 0 Å². The van der Waals surface area contributed by atoms with Crippen molar-refractivity contribution in [2.24, 2.45) is 13.0 Å². The second-order valence-electron chi connectivity index (χ2n) is 16.5. The van der Waals surface area contributed by atoms with Crippen molar-refractivity contribution in [3.05, 3.63) is 70.2 Å². The van der Waals surface area contributed by atoms with E-state index in [4.69, 9.17) is 9.72 Å². The number of amides is 3. The molecule has 7 heterocycles. The smallest absolute Gasteiger partial charge is 0.329 e. The van der Waals surface area contributed by atoms with Crippen LogP contribution in [0.4, 0.5) is 20.3 Å². The van der Waals surface area contributed by atoms with E-state index in [-0.39, 0.29) is 53.9 Å². The molecular weight excluding hydrogens is 777 g/mol. The fraction of sp³-hybridized carbons (Fsp3) is 0.500. The summed E-state index contributed by atoms with van der Waals surface area (Å²) in [5.74, 6) is 6.28. The highest BCUT2D eigenvalue weighted by molar-refractivity contribution is 6.08. The first kappa shape index (κ1) is 39.5. The van der Waals surface area contributed by atoms with Crippen LogP contribution in [0.2, 0.25) is 0 Å². The number of carbonyl (C=O) groups is 3. The van der Waals surface area contributed by atoms with E-state index < -0.39 is 30.0 Å². The summed E-state index contributed by atoms with van der Waals surface area (Å²) in [5.41, 5.74) is 1.70. The predicted octanol–water partition coefficient (Wildman–Crippen LogP) is 4.22. The Kier molecular flexibility index (Phi) is 10.7.